The lowest BCUT2D eigenvalue weighted by molar-refractivity contribution is -0.118. The molecule has 0 radical (unpaired) electrons. The Morgan fingerprint density at radius 3 is 2.43 bits per heavy atom. The fourth-order valence-corrected chi connectivity index (χ4v) is 3.60. The number of anilines is 3. The van der Waals surface area contributed by atoms with Gasteiger partial charge in [-0.1, -0.05) is 11.3 Å². The highest BCUT2D eigenvalue weighted by atomic mass is 32.1. The maximum Gasteiger partial charge on any atom is 0.240 e. The summed E-state index contributed by atoms with van der Waals surface area (Å²) < 4.78 is 13.3. The lowest BCUT2D eigenvalue weighted by Crippen LogP contribution is -2.39. The molecule has 0 aliphatic heterocycles. The fourth-order valence-electron chi connectivity index (χ4n) is 2.55. The third-order valence-corrected chi connectivity index (χ3v) is 5.20. The van der Waals surface area contributed by atoms with Crippen molar-refractivity contribution in [1.29, 1.82) is 0 Å². The molecule has 0 spiro atoms. The number of aromatic nitrogens is 2. The third kappa shape index (κ3) is 3.84. The molecular weight excluding hydrogens is 381 g/mol. The van der Waals surface area contributed by atoms with E-state index in [4.69, 9.17) is 11.5 Å². The highest BCUT2D eigenvalue weighted by Gasteiger charge is 2.27. The Morgan fingerprint density at radius 2 is 1.86 bits per heavy atom. The number of carbonyl (C=O) groups is 2. The van der Waals surface area contributed by atoms with Crippen molar-refractivity contribution < 1.29 is 14.0 Å². The summed E-state index contributed by atoms with van der Waals surface area (Å²) in [6.45, 7) is 3.41. The zero-order chi connectivity index (χ0) is 20.4. The average Bonchev–Trinajstić information content (AvgIpc) is 3.04. The van der Waals surface area contributed by atoms with Crippen LogP contribution in [0.1, 0.15) is 27.9 Å². The number of nitrogen functional groups attached to an aromatic ring is 1. The van der Waals surface area contributed by atoms with Crippen LogP contribution in [0.3, 0.4) is 0 Å². The SMILES string of the molecule is Cc1ccc(C(=O)c2sc(N(c3ccc(F)cc3)C(C)C(N)=O)nc2N)cn1. The van der Waals surface area contributed by atoms with E-state index in [1.54, 1.807) is 19.1 Å². The molecule has 144 valence electrons. The second-order valence-electron chi connectivity index (χ2n) is 6.15. The minimum atomic E-state index is -0.792. The molecule has 1 amide bonds. The molecule has 0 aliphatic carbocycles. The number of hydrogen-bond donors (Lipinski definition) is 2. The van der Waals surface area contributed by atoms with Gasteiger partial charge in [0.15, 0.2) is 5.13 Å². The maximum atomic E-state index is 13.3. The average molecular weight is 399 g/mol. The second-order valence-corrected chi connectivity index (χ2v) is 7.13. The van der Waals surface area contributed by atoms with Crippen molar-refractivity contribution in [2.24, 2.45) is 5.73 Å². The second kappa shape index (κ2) is 7.73. The fraction of sp³-hybridized carbons (Fsp3) is 0.158. The van der Waals surface area contributed by atoms with E-state index in [1.165, 1.54) is 35.4 Å². The first-order chi connectivity index (χ1) is 13.3. The maximum absolute atomic E-state index is 13.3. The van der Waals surface area contributed by atoms with Crippen LogP contribution >= 0.6 is 11.3 Å². The van der Waals surface area contributed by atoms with Gasteiger partial charge in [0.2, 0.25) is 11.7 Å². The minimum absolute atomic E-state index is 0.0364. The molecule has 3 rings (SSSR count). The topological polar surface area (TPSA) is 115 Å². The minimum Gasteiger partial charge on any atom is -0.382 e. The summed E-state index contributed by atoms with van der Waals surface area (Å²) >= 11 is 1.03. The molecule has 0 bridgehead atoms. The summed E-state index contributed by atoms with van der Waals surface area (Å²) in [6.07, 6.45) is 1.47. The summed E-state index contributed by atoms with van der Waals surface area (Å²) in [4.78, 5) is 34.7. The molecule has 9 heteroatoms. The van der Waals surface area contributed by atoms with Gasteiger partial charge in [0.05, 0.1) is 0 Å². The molecule has 1 unspecified atom stereocenters. The molecule has 0 fully saturated rings. The molecule has 3 aromatic rings. The zero-order valence-corrected chi connectivity index (χ0v) is 16.0. The Bertz CT molecular complexity index is 1020. The molecule has 0 saturated carbocycles. The number of amides is 1. The van der Waals surface area contributed by atoms with Crippen molar-refractivity contribution in [2.75, 3.05) is 10.6 Å². The molecule has 2 heterocycles. The summed E-state index contributed by atoms with van der Waals surface area (Å²) in [5.74, 6) is -1.31. The number of rotatable bonds is 6. The summed E-state index contributed by atoms with van der Waals surface area (Å²) in [5, 5.41) is 0.304. The van der Waals surface area contributed by atoms with Crippen LogP contribution in [0.2, 0.25) is 0 Å². The van der Waals surface area contributed by atoms with Crippen LogP contribution in [-0.2, 0) is 4.79 Å². The monoisotopic (exact) mass is 399 g/mol. The van der Waals surface area contributed by atoms with Gasteiger partial charge in [-0.25, -0.2) is 9.37 Å². The van der Waals surface area contributed by atoms with Gasteiger partial charge in [-0.15, -0.1) is 0 Å². The van der Waals surface area contributed by atoms with E-state index >= 15 is 0 Å². The molecular formula is C19H18FN5O2S. The normalized spacial score (nSPS) is 11.8. The Kier molecular flexibility index (Phi) is 5.36. The van der Waals surface area contributed by atoms with Crippen molar-refractivity contribution in [3.8, 4) is 0 Å². The number of halogens is 1. The quantitative estimate of drug-likeness (QED) is 0.616. The van der Waals surface area contributed by atoms with E-state index in [0.717, 1.165) is 17.0 Å². The van der Waals surface area contributed by atoms with Gasteiger partial charge >= 0.3 is 0 Å². The van der Waals surface area contributed by atoms with E-state index in [0.29, 0.717) is 16.4 Å². The Morgan fingerprint density at radius 1 is 1.18 bits per heavy atom. The number of carbonyl (C=O) groups excluding carboxylic acids is 2. The van der Waals surface area contributed by atoms with E-state index in [-0.39, 0.29) is 16.5 Å². The highest BCUT2D eigenvalue weighted by Crippen LogP contribution is 2.35. The first-order valence-electron chi connectivity index (χ1n) is 8.35. The number of pyridine rings is 1. The molecule has 7 nitrogen and oxygen atoms in total. The zero-order valence-electron chi connectivity index (χ0n) is 15.2. The van der Waals surface area contributed by atoms with Crippen LogP contribution in [0.25, 0.3) is 0 Å². The number of hydrogen-bond acceptors (Lipinski definition) is 7. The first-order valence-corrected chi connectivity index (χ1v) is 9.17. The number of ketones is 1. The largest absolute Gasteiger partial charge is 0.382 e. The van der Waals surface area contributed by atoms with Gasteiger partial charge in [-0.05, 0) is 50.2 Å². The van der Waals surface area contributed by atoms with E-state index in [2.05, 4.69) is 9.97 Å². The Hall–Kier alpha value is -3.33. The molecule has 0 aliphatic rings. The summed E-state index contributed by atoms with van der Waals surface area (Å²) in [6, 6.07) is 8.11. The predicted octanol–water partition coefficient (Wildman–Crippen LogP) is 2.81. The van der Waals surface area contributed by atoms with Crippen molar-refractivity contribution in [1.82, 2.24) is 9.97 Å². The number of nitrogens with zero attached hydrogens (tertiary/aromatic N) is 3. The number of thiazole rings is 1. The Balaban J connectivity index is 2.03. The van der Waals surface area contributed by atoms with Gasteiger partial charge in [-0.2, -0.15) is 0 Å². The first kappa shape index (κ1) is 19.4. The smallest absolute Gasteiger partial charge is 0.240 e. The lowest BCUT2D eigenvalue weighted by Gasteiger charge is -2.26. The molecule has 4 N–H and O–H groups in total. The number of aryl methyl sites for hydroxylation is 1. The van der Waals surface area contributed by atoms with Crippen LogP contribution in [0, 0.1) is 12.7 Å². The number of benzene rings is 1. The molecule has 1 aromatic carbocycles. The molecule has 0 saturated heterocycles. The molecule has 1 atom stereocenters. The van der Waals surface area contributed by atoms with Crippen LogP contribution in [-0.4, -0.2) is 27.7 Å². The molecule has 28 heavy (non-hydrogen) atoms. The van der Waals surface area contributed by atoms with Gasteiger partial charge in [0.1, 0.15) is 22.6 Å². The summed E-state index contributed by atoms with van der Waals surface area (Å²) in [7, 11) is 0. The van der Waals surface area contributed by atoms with E-state index < -0.39 is 17.8 Å². The van der Waals surface area contributed by atoms with E-state index in [9.17, 15) is 14.0 Å². The number of nitrogens with two attached hydrogens (primary N) is 2. The third-order valence-electron chi connectivity index (χ3n) is 4.13. The van der Waals surface area contributed by atoms with Crippen LogP contribution in [0.4, 0.5) is 21.0 Å². The van der Waals surface area contributed by atoms with Gasteiger partial charge in [0.25, 0.3) is 0 Å². The number of primary amides is 1. The molecule has 2 aromatic heterocycles. The van der Waals surface area contributed by atoms with E-state index in [1.807, 2.05) is 6.92 Å². The standard InChI is InChI=1S/C19H18FN5O2S/c1-10-3-4-12(9-23-10)15(26)16-17(21)24-19(28-16)25(11(2)18(22)27)14-7-5-13(20)6-8-14/h3-9,11H,21H2,1-2H3,(H2,22,27). The van der Waals surface area contributed by atoms with Gasteiger partial charge in [-0.3, -0.25) is 14.6 Å². The van der Waals surface area contributed by atoms with Gasteiger partial charge in [0, 0.05) is 23.1 Å². The van der Waals surface area contributed by atoms with Gasteiger partial charge < -0.3 is 16.4 Å². The van der Waals surface area contributed by atoms with Crippen LogP contribution in [0.15, 0.2) is 42.6 Å². The van der Waals surface area contributed by atoms with Crippen molar-refractivity contribution in [3.05, 3.63) is 64.5 Å². The summed E-state index contributed by atoms with van der Waals surface area (Å²) in [5.41, 5.74) is 13.1. The van der Waals surface area contributed by atoms with Crippen LogP contribution < -0.4 is 16.4 Å². The lowest BCUT2D eigenvalue weighted by atomic mass is 10.1. The van der Waals surface area contributed by atoms with Crippen molar-refractivity contribution in [3.63, 3.8) is 0 Å². The van der Waals surface area contributed by atoms with Crippen molar-refractivity contribution in [2.45, 2.75) is 19.9 Å². The van der Waals surface area contributed by atoms with Crippen LogP contribution in [0.5, 0.6) is 0 Å². The van der Waals surface area contributed by atoms with Crippen molar-refractivity contribution >= 4 is 39.7 Å². The predicted molar refractivity (Wildman–Crippen MR) is 106 cm³/mol. The Labute approximate surface area is 164 Å². The highest BCUT2D eigenvalue weighted by molar-refractivity contribution is 7.18.